The third kappa shape index (κ3) is 2.62. The Bertz CT molecular complexity index is 494. The highest BCUT2D eigenvalue weighted by Gasteiger charge is 2.83. The zero-order chi connectivity index (χ0) is 18.3. The Kier molecular flexibility index (Phi) is 4.88. The summed E-state index contributed by atoms with van der Waals surface area (Å²) in [5, 5.41) is 9.46. The van der Waals surface area contributed by atoms with Crippen LogP contribution in [0.4, 0.5) is 22.0 Å². The molecule has 0 aromatic rings. The van der Waals surface area contributed by atoms with E-state index in [0.717, 1.165) is 20.1 Å². The van der Waals surface area contributed by atoms with Crippen LogP contribution in [0.1, 0.15) is 13.8 Å². The predicted molar refractivity (Wildman–Crippen MR) is 66.6 cm³/mol. The van der Waals surface area contributed by atoms with Crippen molar-refractivity contribution >= 4 is 5.97 Å². The van der Waals surface area contributed by atoms with Crippen molar-refractivity contribution in [1.29, 1.82) is 0 Å². The molecule has 3 atom stereocenters. The summed E-state index contributed by atoms with van der Waals surface area (Å²) in [7, 11) is 0.767. The van der Waals surface area contributed by atoms with Gasteiger partial charge in [-0.3, -0.25) is 0 Å². The highest BCUT2D eigenvalue weighted by Crippen LogP contribution is 2.58. The van der Waals surface area contributed by atoms with Crippen LogP contribution in [0.5, 0.6) is 0 Å². The zero-order valence-corrected chi connectivity index (χ0v) is 12.7. The van der Waals surface area contributed by atoms with Gasteiger partial charge in [0.25, 0.3) is 0 Å². The lowest BCUT2D eigenvalue weighted by Gasteiger charge is -2.57. The van der Waals surface area contributed by atoms with E-state index in [4.69, 9.17) is 0 Å². The van der Waals surface area contributed by atoms with Crippen LogP contribution < -0.4 is 0 Å². The second-order valence-electron chi connectivity index (χ2n) is 5.61. The van der Waals surface area contributed by atoms with Crippen LogP contribution in [0.25, 0.3) is 0 Å². The number of carbonyl (C=O) groups is 1. The number of ether oxygens (including phenoxy) is 3. The molecule has 10 heteroatoms. The van der Waals surface area contributed by atoms with Gasteiger partial charge in [-0.15, -0.1) is 0 Å². The monoisotopic (exact) mass is 348 g/mol. The quantitative estimate of drug-likeness (QED) is 0.479. The van der Waals surface area contributed by atoms with Gasteiger partial charge in [-0.2, -0.15) is 22.0 Å². The SMILES string of the molecule is C=CC(=O)OCC1(C)COC(O)(C(F)(F)F)C(F)(F)C1(C)OC. The first-order chi connectivity index (χ1) is 10.2. The molecular formula is C13H17F5O5. The molecule has 5 nitrogen and oxygen atoms in total. The number of methoxy groups -OCH3 is 1. The van der Waals surface area contributed by atoms with Gasteiger partial charge in [0.1, 0.15) is 12.2 Å². The lowest BCUT2D eigenvalue weighted by molar-refractivity contribution is -0.491. The molecule has 1 N–H and O–H groups in total. The average Bonchev–Trinajstić information content (AvgIpc) is 2.46. The maximum absolute atomic E-state index is 14.5. The molecule has 1 rings (SSSR count). The van der Waals surface area contributed by atoms with Crippen molar-refractivity contribution in [3.8, 4) is 0 Å². The van der Waals surface area contributed by atoms with Crippen LogP contribution in [0.2, 0.25) is 0 Å². The van der Waals surface area contributed by atoms with E-state index in [0.29, 0.717) is 6.92 Å². The summed E-state index contributed by atoms with van der Waals surface area (Å²) < 4.78 is 81.2. The van der Waals surface area contributed by atoms with Gasteiger partial charge in [-0.25, -0.2) is 4.79 Å². The molecule has 0 aliphatic carbocycles. The minimum atomic E-state index is -5.77. The standard InChI is InChI=1S/C13H17F5O5/c1-5-8(19)22-6-9(2)7-23-12(20,13(16,17)18)11(14,15)10(9,3)21-4/h5,20H,1,6-7H2,2-4H3. The highest BCUT2D eigenvalue weighted by atomic mass is 19.4. The maximum atomic E-state index is 14.5. The van der Waals surface area contributed by atoms with Crippen molar-refractivity contribution < 1.29 is 46.1 Å². The van der Waals surface area contributed by atoms with E-state index < -0.39 is 48.1 Å². The summed E-state index contributed by atoms with van der Waals surface area (Å²) in [5.41, 5.74) is -4.72. The predicted octanol–water partition coefficient (Wildman–Crippen LogP) is 2.04. The Hall–Kier alpha value is -1.26. The highest BCUT2D eigenvalue weighted by molar-refractivity contribution is 5.81. The van der Waals surface area contributed by atoms with Crippen LogP contribution in [-0.2, 0) is 19.0 Å². The Morgan fingerprint density at radius 3 is 2.30 bits per heavy atom. The molecule has 1 aliphatic rings. The van der Waals surface area contributed by atoms with Crippen LogP contribution in [0.15, 0.2) is 12.7 Å². The maximum Gasteiger partial charge on any atom is 0.449 e. The molecule has 23 heavy (non-hydrogen) atoms. The molecule has 1 saturated heterocycles. The van der Waals surface area contributed by atoms with Crippen molar-refractivity contribution in [3.63, 3.8) is 0 Å². The zero-order valence-electron chi connectivity index (χ0n) is 12.7. The summed E-state index contributed by atoms with van der Waals surface area (Å²) in [4.78, 5) is 11.1. The van der Waals surface area contributed by atoms with Crippen molar-refractivity contribution in [1.82, 2.24) is 0 Å². The molecule has 1 heterocycles. The summed E-state index contributed by atoms with van der Waals surface area (Å²) in [6, 6.07) is 0. The van der Waals surface area contributed by atoms with Crippen LogP contribution in [0, 0.1) is 5.41 Å². The number of aliphatic hydroxyl groups is 1. The molecule has 134 valence electrons. The first-order valence-corrected chi connectivity index (χ1v) is 6.37. The van der Waals surface area contributed by atoms with E-state index in [9.17, 15) is 31.9 Å². The topological polar surface area (TPSA) is 65.0 Å². The normalized spacial score (nSPS) is 37.3. The number of alkyl halides is 5. The summed E-state index contributed by atoms with van der Waals surface area (Å²) in [6.45, 7) is 3.17. The van der Waals surface area contributed by atoms with E-state index in [1.165, 1.54) is 0 Å². The smallest absolute Gasteiger partial charge is 0.449 e. The number of hydrogen-bond donors (Lipinski definition) is 1. The van der Waals surface area contributed by atoms with E-state index in [1.807, 2.05) is 0 Å². The fraction of sp³-hybridized carbons (Fsp3) is 0.769. The third-order valence-corrected chi connectivity index (χ3v) is 4.27. The molecule has 0 amide bonds. The first-order valence-electron chi connectivity index (χ1n) is 6.37. The van der Waals surface area contributed by atoms with Crippen LogP contribution in [0.3, 0.4) is 0 Å². The molecule has 0 radical (unpaired) electrons. The number of hydrogen-bond acceptors (Lipinski definition) is 5. The largest absolute Gasteiger partial charge is 0.462 e. The van der Waals surface area contributed by atoms with Gasteiger partial charge in [0.15, 0.2) is 0 Å². The Morgan fingerprint density at radius 2 is 1.91 bits per heavy atom. The molecule has 0 aromatic heterocycles. The molecular weight excluding hydrogens is 331 g/mol. The Labute approximate surface area is 129 Å². The minimum Gasteiger partial charge on any atom is -0.462 e. The molecule has 1 fully saturated rings. The fourth-order valence-electron chi connectivity index (χ4n) is 2.30. The molecule has 1 aliphatic heterocycles. The summed E-state index contributed by atoms with van der Waals surface area (Å²) >= 11 is 0. The van der Waals surface area contributed by atoms with Crippen LogP contribution in [-0.4, -0.2) is 54.9 Å². The van der Waals surface area contributed by atoms with Gasteiger partial charge in [-0.1, -0.05) is 13.5 Å². The molecule has 0 bridgehead atoms. The van der Waals surface area contributed by atoms with Gasteiger partial charge in [0.2, 0.25) is 0 Å². The Morgan fingerprint density at radius 1 is 1.39 bits per heavy atom. The minimum absolute atomic E-state index is 0.688. The van der Waals surface area contributed by atoms with E-state index >= 15 is 0 Å². The number of rotatable bonds is 4. The molecule has 0 aromatic carbocycles. The van der Waals surface area contributed by atoms with E-state index in [2.05, 4.69) is 20.8 Å². The average molecular weight is 348 g/mol. The lowest BCUT2D eigenvalue weighted by Crippen LogP contribution is -2.78. The Balaban J connectivity index is 3.33. The molecule has 0 saturated carbocycles. The fourth-order valence-corrected chi connectivity index (χ4v) is 2.30. The van der Waals surface area contributed by atoms with Crippen molar-refractivity contribution in [2.24, 2.45) is 5.41 Å². The van der Waals surface area contributed by atoms with Gasteiger partial charge < -0.3 is 19.3 Å². The van der Waals surface area contributed by atoms with Gasteiger partial charge >= 0.3 is 23.9 Å². The second-order valence-corrected chi connectivity index (χ2v) is 5.61. The number of esters is 1. The summed E-state index contributed by atoms with van der Waals surface area (Å²) in [6.07, 6.45) is -5.00. The van der Waals surface area contributed by atoms with E-state index in [1.54, 1.807) is 0 Å². The lowest BCUT2D eigenvalue weighted by atomic mass is 9.67. The number of halogens is 5. The van der Waals surface area contributed by atoms with Crippen molar-refractivity contribution in [2.45, 2.75) is 37.3 Å². The molecule has 3 unspecified atom stereocenters. The third-order valence-electron chi connectivity index (χ3n) is 4.27. The number of carbonyl (C=O) groups excluding carboxylic acids is 1. The van der Waals surface area contributed by atoms with Gasteiger partial charge in [0.05, 0.1) is 12.0 Å². The van der Waals surface area contributed by atoms with Crippen molar-refractivity contribution in [3.05, 3.63) is 12.7 Å². The molecule has 0 spiro atoms. The second kappa shape index (κ2) is 5.67. The van der Waals surface area contributed by atoms with E-state index in [-0.39, 0.29) is 0 Å². The van der Waals surface area contributed by atoms with Gasteiger partial charge in [0, 0.05) is 13.2 Å². The summed E-state index contributed by atoms with van der Waals surface area (Å²) in [5.74, 6) is -10.6. The van der Waals surface area contributed by atoms with Crippen molar-refractivity contribution in [2.75, 3.05) is 20.3 Å². The van der Waals surface area contributed by atoms with Crippen LogP contribution >= 0.6 is 0 Å². The van der Waals surface area contributed by atoms with Gasteiger partial charge in [-0.05, 0) is 6.92 Å². The first kappa shape index (κ1) is 19.8.